The maximum Gasteiger partial charge on any atom is 0.405 e. The molecular formula is C10H12ClF3N4O. The van der Waals surface area contributed by atoms with Gasteiger partial charge in [0.1, 0.15) is 12.1 Å². The van der Waals surface area contributed by atoms with Crippen molar-refractivity contribution in [3.8, 4) is 0 Å². The van der Waals surface area contributed by atoms with Crippen LogP contribution in [0.15, 0.2) is 12.3 Å². The number of rotatable bonds is 4. The average molecular weight is 297 g/mol. The van der Waals surface area contributed by atoms with E-state index < -0.39 is 24.2 Å². The third-order valence-corrected chi connectivity index (χ3v) is 2.28. The number of carbonyl (C=O) groups is 1. The molecule has 0 saturated carbocycles. The summed E-state index contributed by atoms with van der Waals surface area (Å²) in [5.41, 5.74) is -0.871. The number of amides is 1. The molecule has 1 aromatic rings. The molecule has 0 saturated heterocycles. The van der Waals surface area contributed by atoms with Gasteiger partial charge in [0, 0.05) is 6.07 Å². The summed E-state index contributed by atoms with van der Waals surface area (Å²) in [4.78, 5) is 11.7. The summed E-state index contributed by atoms with van der Waals surface area (Å²) in [7, 11) is 0. The van der Waals surface area contributed by atoms with Crippen LogP contribution in [-0.4, -0.2) is 34.4 Å². The third-order valence-electron chi connectivity index (χ3n) is 2.10. The molecule has 0 aromatic carbocycles. The minimum Gasteiger partial charge on any atom is -0.370 e. The van der Waals surface area contributed by atoms with Crippen LogP contribution in [0.4, 0.5) is 18.9 Å². The number of hydrogen-bond acceptors (Lipinski definition) is 4. The molecular weight excluding hydrogens is 285 g/mol. The van der Waals surface area contributed by atoms with E-state index in [0.29, 0.717) is 5.69 Å². The Morgan fingerprint density at radius 1 is 1.42 bits per heavy atom. The molecule has 0 fully saturated rings. The van der Waals surface area contributed by atoms with Crippen LogP contribution in [0.5, 0.6) is 0 Å². The highest BCUT2D eigenvalue weighted by Gasteiger charge is 2.33. The zero-order valence-corrected chi connectivity index (χ0v) is 10.9. The van der Waals surface area contributed by atoms with E-state index in [1.807, 2.05) is 0 Å². The first-order chi connectivity index (χ1) is 8.60. The summed E-state index contributed by atoms with van der Waals surface area (Å²) >= 11 is 5.61. The first kappa shape index (κ1) is 15.5. The van der Waals surface area contributed by atoms with Crippen LogP contribution < -0.4 is 10.6 Å². The van der Waals surface area contributed by atoms with Gasteiger partial charge in [-0.25, -0.2) is 0 Å². The lowest BCUT2D eigenvalue weighted by Crippen LogP contribution is -2.50. The summed E-state index contributed by atoms with van der Waals surface area (Å²) in [5, 5.41) is 11.7. The number of nitrogens with one attached hydrogen (secondary N) is 2. The second-order valence-electron chi connectivity index (χ2n) is 4.31. The third kappa shape index (κ3) is 5.29. The minimum absolute atomic E-state index is 0.108. The summed E-state index contributed by atoms with van der Waals surface area (Å²) in [5.74, 6) is -0.794. The number of aromatic nitrogens is 2. The van der Waals surface area contributed by atoms with Crippen molar-refractivity contribution in [1.82, 2.24) is 15.5 Å². The predicted molar refractivity (Wildman–Crippen MR) is 63.8 cm³/mol. The van der Waals surface area contributed by atoms with Gasteiger partial charge in [-0.2, -0.15) is 18.3 Å². The van der Waals surface area contributed by atoms with Crippen molar-refractivity contribution >= 4 is 23.2 Å². The topological polar surface area (TPSA) is 66.9 Å². The number of halogens is 4. The molecule has 1 aromatic heterocycles. The van der Waals surface area contributed by atoms with Crippen LogP contribution in [0, 0.1) is 0 Å². The zero-order chi connectivity index (χ0) is 14.7. The Hall–Kier alpha value is -1.57. The van der Waals surface area contributed by atoms with Crippen molar-refractivity contribution in [2.75, 3.05) is 11.9 Å². The number of carbonyl (C=O) groups excluding carboxylic acids is 1. The SMILES string of the molecule is CC(C)(Nc1cnnc(Cl)c1)C(=O)NCC(F)(F)F. The Kier molecular flexibility index (Phi) is 4.56. The van der Waals surface area contributed by atoms with Crippen LogP contribution in [0.2, 0.25) is 5.15 Å². The molecule has 0 unspecified atom stereocenters. The Morgan fingerprint density at radius 2 is 2.05 bits per heavy atom. The Bertz CT molecular complexity index is 464. The molecule has 0 atom stereocenters. The molecule has 19 heavy (non-hydrogen) atoms. The number of nitrogens with zero attached hydrogens (tertiary/aromatic N) is 2. The van der Waals surface area contributed by atoms with E-state index >= 15 is 0 Å². The minimum atomic E-state index is -4.45. The fourth-order valence-electron chi connectivity index (χ4n) is 1.23. The van der Waals surface area contributed by atoms with E-state index in [2.05, 4.69) is 15.5 Å². The van der Waals surface area contributed by atoms with E-state index in [-0.39, 0.29) is 5.15 Å². The van der Waals surface area contributed by atoms with Crippen molar-refractivity contribution in [3.05, 3.63) is 17.4 Å². The molecule has 0 radical (unpaired) electrons. The van der Waals surface area contributed by atoms with Gasteiger partial charge in [0.2, 0.25) is 5.91 Å². The molecule has 0 spiro atoms. The Labute approximate surface area is 112 Å². The maximum atomic E-state index is 12.0. The first-order valence-corrected chi connectivity index (χ1v) is 5.59. The number of anilines is 1. The largest absolute Gasteiger partial charge is 0.405 e. The molecule has 0 aliphatic heterocycles. The van der Waals surface area contributed by atoms with E-state index in [4.69, 9.17) is 11.6 Å². The summed E-state index contributed by atoms with van der Waals surface area (Å²) < 4.78 is 36.0. The second kappa shape index (κ2) is 5.60. The van der Waals surface area contributed by atoms with Gasteiger partial charge in [-0.1, -0.05) is 11.6 Å². The van der Waals surface area contributed by atoms with E-state index in [0.717, 1.165) is 0 Å². The van der Waals surface area contributed by atoms with E-state index in [9.17, 15) is 18.0 Å². The molecule has 5 nitrogen and oxygen atoms in total. The lowest BCUT2D eigenvalue weighted by molar-refractivity contribution is -0.140. The Morgan fingerprint density at radius 3 is 2.58 bits per heavy atom. The van der Waals surface area contributed by atoms with Gasteiger partial charge < -0.3 is 10.6 Å². The molecule has 106 valence electrons. The summed E-state index contributed by atoms with van der Waals surface area (Å²) in [6, 6.07) is 1.41. The normalized spacial score (nSPS) is 12.1. The predicted octanol–water partition coefficient (Wildman–Crippen LogP) is 2.00. The Balaban J connectivity index is 2.67. The lowest BCUT2D eigenvalue weighted by Gasteiger charge is -2.26. The summed E-state index contributed by atoms with van der Waals surface area (Å²) in [6.45, 7) is 1.49. The van der Waals surface area contributed by atoms with Crippen LogP contribution in [0.1, 0.15) is 13.8 Å². The van der Waals surface area contributed by atoms with Gasteiger partial charge in [-0.15, -0.1) is 5.10 Å². The summed E-state index contributed by atoms with van der Waals surface area (Å²) in [6.07, 6.45) is -3.14. The van der Waals surface area contributed by atoms with Crippen molar-refractivity contribution in [3.63, 3.8) is 0 Å². The van der Waals surface area contributed by atoms with Crippen LogP contribution in [0.3, 0.4) is 0 Å². The van der Waals surface area contributed by atoms with Gasteiger partial charge in [-0.05, 0) is 13.8 Å². The fraction of sp³-hybridized carbons (Fsp3) is 0.500. The molecule has 2 N–H and O–H groups in total. The van der Waals surface area contributed by atoms with E-state index in [1.165, 1.54) is 26.1 Å². The van der Waals surface area contributed by atoms with Gasteiger partial charge >= 0.3 is 6.18 Å². The smallest absolute Gasteiger partial charge is 0.370 e. The quantitative estimate of drug-likeness (QED) is 0.892. The monoisotopic (exact) mass is 296 g/mol. The second-order valence-corrected chi connectivity index (χ2v) is 4.70. The van der Waals surface area contributed by atoms with Crippen LogP contribution in [-0.2, 0) is 4.79 Å². The number of hydrogen-bond donors (Lipinski definition) is 2. The standard InChI is InChI=1S/C10H12ClF3N4O/c1-9(2,8(19)15-5-10(12,13)14)17-6-3-7(11)18-16-4-6/h3-4H,5H2,1-2H3,(H,15,19)(H,17,18). The average Bonchev–Trinajstić information content (AvgIpc) is 2.24. The maximum absolute atomic E-state index is 12.0. The molecule has 1 amide bonds. The van der Waals surface area contributed by atoms with Crippen LogP contribution in [0.25, 0.3) is 0 Å². The molecule has 0 bridgehead atoms. The highest BCUT2D eigenvalue weighted by molar-refractivity contribution is 6.29. The van der Waals surface area contributed by atoms with Crippen molar-refractivity contribution in [1.29, 1.82) is 0 Å². The highest BCUT2D eigenvalue weighted by atomic mass is 35.5. The van der Waals surface area contributed by atoms with Gasteiger partial charge in [-0.3, -0.25) is 4.79 Å². The molecule has 0 aliphatic rings. The zero-order valence-electron chi connectivity index (χ0n) is 10.2. The fourth-order valence-corrected chi connectivity index (χ4v) is 1.39. The van der Waals surface area contributed by atoms with Gasteiger partial charge in [0.05, 0.1) is 11.9 Å². The molecule has 1 heterocycles. The van der Waals surface area contributed by atoms with Crippen molar-refractivity contribution in [2.45, 2.75) is 25.6 Å². The number of alkyl halides is 3. The molecule has 1 rings (SSSR count). The van der Waals surface area contributed by atoms with Gasteiger partial charge in [0.15, 0.2) is 5.15 Å². The van der Waals surface area contributed by atoms with Crippen molar-refractivity contribution in [2.24, 2.45) is 0 Å². The van der Waals surface area contributed by atoms with E-state index in [1.54, 1.807) is 5.32 Å². The first-order valence-electron chi connectivity index (χ1n) is 5.21. The highest BCUT2D eigenvalue weighted by Crippen LogP contribution is 2.18. The van der Waals surface area contributed by atoms with Crippen molar-refractivity contribution < 1.29 is 18.0 Å². The molecule has 0 aliphatic carbocycles. The van der Waals surface area contributed by atoms with Gasteiger partial charge in [0.25, 0.3) is 0 Å². The molecule has 9 heteroatoms. The van der Waals surface area contributed by atoms with Crippen LogP contribution >= 0.6 is 11.6 Å². The lowest BCUT2D eigenvalue weighted by atomic mass is 10.0.